The zero-order valence-electron chi connectivity index (χ0n) is 14.9. The normalized spacial score (nSPS) is 11.8. The zero-order valence-corrected chi connectivity index (χ0v) is 16.5. The third kappa shape index (κ3) is 6.22. The van der Waals surface area contributed by atoms with Gasteiger partial charge in [-0.25, -0.2) is 4.39 Å². The second-order valence-corrected chi connectivity index (χ2v) is 7.37. The molecule has 2 rings (SSSR count). The van der Waals surface area contributed by atoms with E-state index in [1.807, 2.05) is 26.0 Å². The van der Waals surface area contributed by atoms with E-state index in [0.29, 0.717) is 40.8 Å². The molecule has 1 unspecified atom stereocenters. The van der Waals surface area contributed by atoms with Gasteiger partial charge in [0.25, 0.3) is 5.91 Å². The van der Waals surface area contributed by atoms with Crippen LogP contribution in [0.4, 0.5) is 4.39 Å². The van der Waals surface area contributed by atoms with Gasteiger partial charge in [0.1, 0.15) is 11.6 Å². The highest BCUT2D eigenvalue weighted by Gasteiger charge is 2.18. The summed E-state index contributed by atoms with van der Waals surface area (Å²) in [7, 11) is 0. The van der Waals surface area contributed by atoms with Crippen molar-refractivity contribution in [3.63, 3.8) is 0 Å². The minimum atomic E-state index is -0.549. The lowest BCUT2D eigenvalue weighted by molar-refractivity contribution is -0.127. The number of benzene rings is 2. The minimum Gasteiger partial charge on any atom is -0.481 e. The topological polar surface area (TPSA) is 38.3 Å². The van der Waals surface area contributed by atoms with Crippen molar-refractivity contribution >= 4 is 29.3 Å². The summed E-state index contributed by atoms with van der Waals surface area (Å²) in [5, 5.41) is 3.54. The molecule has 140 valence electrons. The second kappa shape index (κ2) is 10.4. The van der Waals surface area contributed by atoms with E-state index in [4.69, 9.17) is 16.3 Å². The van der Waals surface area contributed by atoms with Gasteiger partial charge in [0.15, 0.2) is 6.10 Å². The number of hydrogen-bond acceptors (Lipinski definition) is 3. The molecule has 0 bridgehead atoms. The van der Waals surface area contributed by atoms with Crippen molar-refractivity contribution in [3.05, 3.63) is 64.4 Å². The molecule has 0 saturated carbocycles. The van der Waals surface area contributed by atoms with Gasteiger partial charge in [0, 0.05) is 23.1 Å². The molecule has 1 N–H and O–H groups in total. The summed E-state index contributed by atoms with van der Waals surface area (Å²) < 4.78 is 19.3. The van der Waals surface area contributed by atoms with Crippen LogP contribution in [0.1, 0.15) is 24.5 Å². The Bertz CT molecular complexity index is 742. The summed E-state index contributed by atoms with van der Waals surface area (Å²) >= 11 is 7.58. The van der Waals surface area contributed by atoms with Crippen molar-refractivity contribution in [2.24, 2.45) is 0 Å². The molecule has 2 aromatic carbocycles. The first-order chi connectivity index (χ1) is 12.5. The molecule has 3 nitrogen and oxygen atoms in total. The summed E-state index contributed by atoms with van der Waals surface area (Å²) in [5.41, 5.74) is 1.58. The molecule has 2 aromatic rings. The molecular weight excluding hydrogens is 373 g/mol. The summed E-state index contributed by atoms with van der Waals surface area (Å²) in [4.78, 5) is 12.3. The number of thioether (sulfide) groups is 1. The molecular formula is C20H23ClFNO2S. The highest BCUT2D eigenvalue weighted by Crippen LogP contribution is 2.22. The summed E-state index contributed by atoms with van der Waals surface area (Å²) in [5.74, 6) is 1.58. The Morgan fingerprint density at radius 1 is 1.31 bits per heavy atom. The van der Waals surface area contributed by atoms with Crippen molar-refractivity contribution in [2.75, 3.05) is 12.3 Å². The van der Waals surface area contributed by atoms with Crippen molar-refractivity contribution < 1.29 is 13.9 Å². The molecule has 0 aliphatic heterocycles. The predicted octanol–water partition coefficient (Wildman–Crippen LogP) is 4.99. The molecule has 0 aromatic heterocycles. The number of nitrogens with one attached hydrogen (secondary N) is 1. The van der Waals surface area contributed by atoms with E-state index in [1.54, 1.807) is 36.0 Å². The van der Waals surface area contributed by atoms with Crippen LogP contribution in [0, 0.1) is 12.7 Å². The van der Waals surface area contributed by atoms with E-state index in [2.05, 4.69) is 5.32 Å². The van der Waals surface area contributed by atoms with E-state index in [0.717, 1.165) is 5.56 Å². The molecule has 6 heteroatoms. The summed E-state index contributed by atoms with van der Waals surface area (Å²) in [6, 6.07) is 12.1. The zero-order chi connectivity index (χ0) is 18.9. The van der Waals surface area contributed by atoms with Crippen molar-refractivity contribution in [2.45, 2.75) is 32.1 Å². The maximum Gasteiger partial charge on any atom is 0.261 e. The van der Waals surface area contributed by atoms with E-state index in [9.17, 15) is 9.18 Å². The fraction of sp³-hybridized carbons (Fsp3) is 0.350. The standard InChI is InChI=1S/C20H23ClFNO2S/c1-3-19(25-16-8-9-17(21)14(2)12-16)20(24)23-10-11-26-13-15-6-4-5-7-18(15)22/h4-9,12,19H,3,10-11,13H2,1-2H3,(H,23,24). The van der Waals surface area contributed by atoms with Gasteiger partial charge in [-0.05, 0) is 48.7 Å². The minimum absolute atomic E-state index is 0.147. The Labute approximate surface area is 163 Å². The molecule has 0 aliphatic carbocycles. The van der Waals surface area contributed by atoms with E-state index in [-0.39, 0.29) is 11.7 Å². The van der Waals surface area contributed by atoms with Crippen molar-refractivity contribution in [1.82, 2.24) is 5.32 Å². The van der Waals surface area contributed by atoms with Gasteiger partial charge < -0.3 is 10.1 Å². The molecule has 26 heavy (non-hydrogen) atoms. The molecule has 0 fully saturated rings. The van der Waals surface area contributed by atoms with E-state index < -0.39 is 6.10 Å². The number of ether oxygens (including phenoxy) is 1. The maximum atomic E-state index is 13.5. The van der Waals surface area contributed by atoms with E-state index in [1.165, 1.54) is 6.07 Å². The average Bonchev–Trinajstić information content (AvgIpc) is 2.63. The van der Waals surface area contributed by atoms with Crippen LogP contribution in [0.25, 0.3) is 0 Å². The smallest absolute Gasteiger partial charge is 0.261 e. The number of hydrogen-bond donors (Lipinski definition) is 1. The van der Waals surface area contributed by atoms with Gasteiger partial charge in [0.2, 0.25) is 0 Å². The lowest BCUT2D eigenvalue weighted by Gasteiger charge is -2.17. The van der Waals surface area contributed by atoms with Crippen LogP contribution >= 0.6 is 23.4 Å². The first-order valence-electron chi connectivity index (χ1n) is 8.53. The SMILES string of the molecule is CCC(Oc1ccc(Cl)c(C)c1)C(=O)NCCSCc1ccccc1F. The van der Waals surface area contributed by atoms with Crippen LogP contribution in [-0.2, 0) is 10.5 Å². The van der Waals surface area contributed by atoms with Crippen molar-refractivity contribution in [1.29, 1.82) is 0 Å². The third-order valence-corrected chi connectivity index (χ3v) is 5.26. The number of amides is 1. The molecule has 0 saturated heterocycles. The van der Waals surface area contributed by atoms with Gasteiger partial charge in [0.05, 0.1) is 0 Å². The average molecular weight is 396 g/mol. The molecule has 0 radical (unpaired) electrons. The first kappa shape index (κ1) is 20.6. The van der Waals surface area contributed by atoms with Crippen LogP contribution in [0.2, 0.25) is 5.02 Å². The lowest BCUT2D eigenvalue weighted by atomic mass is 10.2. The largest absolute Gasteiger partial charge is 0.481 e. The number of rotatable bonds is 9. The van der Waals surface area contributed by atoms with Crippen LogP contribution in [0.5, 0.6) is 5.75 Å². The number of carbonyl (C=O) groups is 1. The van der Waals surface area contributed by atoms with Gasteiger partial charge in [-0.3, -0.25) is 4.79 Å². The lowest BCUT2D eigenvalue weighted by Crippen LogP contribution is -2.39. The summed E-state index contributed by atoms with van der Waals surface area (Å²) in [6.07, 6.45) is 0.0164. The number of halogens is 2. The molecule has 0 heterocycles. The first-order valence-corrected chi connectivity index (χ1v) is 10.1. The Kier molecular flexibility index (Phi) is 8.26. The highest BCUT2D eigenvalue weighted by molar-refractivity contribution is 7.98. The van der Waals surface area contributed by atoms with Gasteiger partial charge in [-0.2, -0.15) is 11.8 Å². The van der Waals surface area contributed by atoms with Crippen molar-refractivity contribution in [3.8, 4) is 5.75 Å². The monoisotopic (exact) mass is 395 g/mol. The fourth-order valence-corrected chi connectivity index (χ4v) is 3.30. The fourth-order valence-electron chi connectivity index (χ4n) is 2.33. The van der Waals surface area contributed by atoms with Crippen LogP contribution in [-0.4, -0.2) is 24.3 Å². The van der Waals surface area contributed by atoms with Crippen LogP contribution in [0.15, 0.2) is 42.5 Å². The second-order valence-electron chi connectivity index (χ2n) is 5.86. The molecule has 0 spiro atoms. The quantitative estimate of drug-likeness (QED) is 0.607. The van der Waals surface area contributed by atoms with E-state index >= 15 is 0 Å². The Morgan fingerprint density at radius 3 is 2.77 bits per heavy atom. The maximum absolute atomic E-state index is 13.5. The Morgan fingerprint density at radius 2 is 2.08 bits per heavy atom. The predicted molar refractivity (Wildman–Crippen MR) is 106 cm³/mol. The van der Waals surface area contributed by atoms with Gasteiger partial charge >= 0.3 is 0 Å². The number of aryl methyl sites for hydroxylation is 1. The number of carbonyl (C=O) groups excluding carboxylic acids is 1. The Balaban J connectivity index is 1.74. The molecule has 1 atom stereocenters. The Hall–Kier alpha value is -1.72. The third-order valence-electron chi connectivity index (χ3n) is 3.83. The van der Waals surface area contributed by atoms with Gasteiger partial charge in [-0.15, -0.1) is 0 Å². The van der Waals surface area contributed by atoms with Crippen LogP contribution < -0.4 is 10.1 Å². The molecule has 1 amide bonds. The molecule has 0 aliphatic rings. The van der Waals surface area contributed by atoms with Gasteiger partial charge in [-0.1, -0.05) is 36.7 Å². The highest BCUT2D eigenvalue weighted by atomic mass is 35.5. The summed E-state index contributed by atoms with van der Waals surface area (Å²) in [6.45, 7) is 4.31. The van der Waals surface area contributed by atoms with Crippen LogP contribution in [0.3, 0.4) is 0 Å².